The Balaban J connectivity index is 2.06. The fourth-order valence-corrected chi connectivity index (χ4v) is 2.42. The molecule has 0 heterocycles. The van der Waals surface area contributed by atoms with Crippen molar-refractivity contribution in [2.24, 2.45) is 16.5 Å². The van der Waals surface area contributed by atoms with Gasteiger partial charge in [0.25, 0.3) is 0 Å². The van der Waals surface area contributed by atoms with Gasteiger partial charge in [-0.25, -0.2) is 4.79 Å². The van der Waals surface area contributed by atoms with Crippen molar-refractivity contribution in [3.63, 3.8) is 0 Å². The lowest BCUT2D eigenvalue weighted by atomic mass is 10.0. The summed E-state index contributed by atoms with van der Waals surface area (Å²) < 4.78 is 0. The average molecular weight is 231 g/mol. The lowest BCUT2D eigenvalue weighted by molar-refractivity contribution is -0.140. The summed E-state index contributed by atoms with van der Waals surface area (Å²) in [6, 6.07) is 10.4. The first kappa shape index (κ1) is 11.8. The molecule has 1 aliphatic rings. The quantitative estimate of drug-likeness (QED) is 0.455. The van der Waals surface area contributed by atoms with E-state index in [1.807, 2.05) is 18.2 Å². The minimum atomic E-state index is -0.379. The molecule has 1 aliphatic carbocycles. The van der Waals surface area contributed by atoms with Crippen LogP contribution in [-0.4, -0.2) is 12.2 Å². The van der Waals surface area contributed by atoms with E-state index in [2.05, 4.69) is 36.0 Å². The van der Waals surface area contributed by atoms with Crippen LogP contribution in [0.5, 0.6) is 0 Å². The van der Waals surface area contributed by atoms with Crippen molar-refractivity contribution in [3.05, 3.63) is 35.9 Å². The maximum atomic E-state index is 10.6. The Labute approximate surface area is 101 Å². The number of nitrogens with zero attached hydrogens (tertiary/aromatic N) is 1. The van der Waals surface area contributed by atoms with Gasteiger partial charge >= 0.3 is 5.97 Å². The second-order valence-electron chi connectivity index (χ2n) is 5.07. The Morgan fingerprint density at radius 2 is 2.00 bits per heavy atom. The molecule has 0 bridgehead atoms. The first-order chi connectivity index (χ1) is 8.03. The molecule has 2 rings (SSSR count). The van der Waals surface area contributed by atoms with Gasteiger partial charge in [-0.3, -0.25) is 0 Å². The highest BCUT2D eigenvalue weighted by atomic mass is 16.7. The summed E-state index contributed by atoms with van der Waals surface area (Å²) >= 11 is 0. The Bertz CT molecular complexity index is 437. The average Bonchev–Trinajstić information content (AvgIpc) is 2.81. The molecule has 0 aromatic heterocycles. The van der Waals surface area contributed by atoms with Crippen LogP contribution in [0.2, 0.25) is 0 Å². The van der Waals surface area contributed by atoms with E-state index < -0.39 is 0 Å². The third kappa shape index (κ3) is 2.38. The van der Waals surface area contributed by atoms with Crippen LogP contribution >= 0.6 is 0 Å². The van der Waals surface area contributed by atoms with Gasteiger partial charge in [0.15, 0.2) is 0 Å². The standard InChI is InChI=1S/C14H17NO2/c1-10(16)17-15-9-12-13(14(12,2)3)11-7-5-4-6-8-11/h4-9,12-13H,1-3H3/b15-9+/t12-,13-/m1/s1. The molecule has 0 N–H and O–H groups in total. The molecule has 1 aromatic carbocycles. The summed E-state index contributed by atoms with van der Waals surface area (Å²) in [5.74, 6) is 0.420. The van der Waals surface area contributed by atoms with Crippen molar-refractivity contribution >= 4 is 12.2 Å². The van der Waals surface area contributed by atoms with Gasteiger partial charge < -0.3 is 4.84 Å². The maximum Gasteiger partial charge on any atom is 0.331 e. The van der Waals surface area contributed by atoms with E-state index >= 15 is 0 Å². The predicted molar refractivity (Wildman–Crippen MR) is 66.7 cm³/mol. The van der Waals surface area contributed by atoms with Crippen LogP contribution in [0.4, 0.5) is 0 Å². The molecule has 1 saturated carbocycles. The largest absolute Gasteiger partial charge is 0.331 e. The van der Waals surface area contributed by atoms with Crippen molar-refractivity contribution in [2.45, 2.75) is 26.7 Å². The second kappa shape index (κ2) is 4.32. The first-order valence-electron chi connectivity index (χ1n) is 5.79. The summed E-state index contributed by atoms with van der Waals surface area (Å²) in [5.41, 5.74) is 1.50. The molecule has 1 aromatic rings. The Hall–Kier alpha value is -1.64. The van der Waals surface area contributed by atoms with E-state index in [0.29, 0.717) is 11.8 Å². The van der Waals surface area contributed by atoms with Gasteiger partial charge in [-0.15, -0.1) is 0 Å². The van der Waals surface area contributed by atoms with Crippen molar-refractivity contribution in [1.29, 1.82) is 0 Å². The van der Waals surface area contributed by atoms with Gasteiger partial charge in [-0.1, -0.05) is 49.3 Å². The molecule has 3 nitrogen and oxygen atoms in total. The fraction of sp³-hybridized carbons (Fsp3) is 0.429. The lowest BCUT2D eigenvalue weighted by Crippen LogP contribution is -1.94. The zero-order chi connectivity index (χ0) is 12.5. The van der Waals surface area contributed by atoms with Crippen molar-refractivity contribution in [2.75, 3.05) is 0 Å². The number of hydrogen-bond acceptors (Lipinski definition) is 3. The van der Waals surface area contributed by atoms with Crippen molar-refractivity contribution < 1.29 is 9.63 Å². The van der Waals surface area contributed by atoms with Crippen LogP contribution < -0.4 is 0 Å². The van der Waals surface area contributed by atoms with Crippen LogP contribution in [0.3, 0.4) is 0 Å². The van der Waals surface area contributed by atoms with Crippen LogP contribution in [-0.2, 0) is 9.63 Å². The molecule has 3 heteroatoms. The summed E-state index contributed by atoms with van der Waals surface area (Å²) in [4.78, 5) is 15.2. The minimum Gasteiger partial charge on any atom is -0.319 e. The molecular weight excluding hydrogens is 214 g/mol. The number of rotatable bonds is 3. The van der Waals surface area contributed by atoms with E-state index in [1.165, 1.54) is 12.5 Å². The summed E-state index contributed by atoms with van der Waals surface area (Å²) in [6.45, 7) is 5.76. The molecule has 1 fully saturated rings. The summed E-state index contributed by atoms with van der Waals surface area (Å²) in [6.07, 6.45) is 1.75. The maximum absolute atomic E-state index is 10.6. The van der Waals surface area contributed by atoms with Gasteiger partial charge in [-0.2, -0.15) is 0 Å². The van der Waals surface area contributed by atoms with Gasteiger partial charge in [0.05, 0.1) is 0 Å². The van der Waals surface area contributed by atoms with Gasteiger partial charge in [-0.05, 0) is 16.9 Å². The van der Waals surface area contributed by atoms with E-state index in [1.54, 1.807) is 6.21 Å². The molecule has 90 valence electrons. The van der Waals surface area contributed by atoms with Crippen molar-refractivity contribution in [1.82, 2.24) is 0 Å². The third-order valence-corrected chi connectivity index (χ3v) is 3.47. The highest BCUT2D eigenvalue weighted by molar-refractivity contribution is 5.71. The van der Waals surface area contributed by atoms with Crippen LogP contribution in [0, 0.1) is 11.3 Å². The number of carbonyl (C=O) groups is 1. The van der Waals surface area contributed by atoms with Crippen LogP contribution in [0.15, 0.2) is 35.5 Å². The number of benzene rings is 1. The van der Waals surface area contributed by atoms with Gasteiger partial charge in [0.1, 0.15) is 0 Å². The summed E-state index contributed by atoms with van der Waals surface area (Å²) in [5, 5.41) is 3.73. The van der Waals surface area contributed by atoms with E-state index in [4.69, 9.17) is 0 Å². The highest BCUT2D eigenvalue weighted by Crippen LogP contribution is 2.63. The Morgan fingerprint density at radius 3 is 2.59 bits per heavy atom. The predicted octanol–water partition coefficient (Wildman–Crippen LogP) is 2.98. The second-order valence-corrected chi connectivity index (χ2v) is 5.07. The zero-order valence-electron chi connectivity index (χ0n) is 10.4. The first-order valence-corrected chi connectivity index (χ1v) is 5.79. The molecular formula is C14H17NO2. The zero-order valence-corrected chi connectivity index (χ0v) is 10.4. The van der Waals surface area contributed by atoms with Crippen LogP contribution in [0.1, 0.15) is 32.3 Å². The highest BCUT2D eigenvalue weighted by Gasteiger charge is 2.57. The topological polar surface area (TPSA) is 38.7 Å². The molecule has 0 unspecified atom stereocenters. The molecule has 0 radical (unpaired) electrons. The Kier molecular flexibility index (Phi) is 3.01. The van der Waals surface area contributed by atoms with Crippen molar-refractivity contribution in [3.8, 4) is 0 Å². The number of carbonyl (C=O) groups excluding carboxylic acids is 1. The molecule has 0 amide bonds. The molecule has 0 saturated heterocycles. The van der Waals surface area contributed by atoms with Crippen LogP contribution in [0.25, 0.3) is 0 Å². The van der Waals surface area contributed by atoms with E-state index in [-0.39, 0.29) is 11.4 Å². The fourth-order valence-electron chi connectivity index (χ4n) is 2.42. The third-order valence-electron chi connectivity index (χ3n) is 3.47. The van der Waals surface area contributed by atoms with Gasteiger partial charge in [0.2, 0.25) is 0 Å². The minimum absolute atomic E-state index is 0.186. The Morgan fingerprint density at radius 1 is 1.35 bits per heavy atom. The number of hydrogen-bond donors (Lipinski definition) is 0. The molecule has 2 atom stereocenters. The molecule has 0 spiro atoms. The summed E-state index contributed by atoms with van der Waals surface area (Å²) in [7, 11) is 0. The monoisotopic (exact) mass is 231 g/mol. The number of oxime groups is 1. The molecule has 0 aliphatic heterocycles. The normalized spacial score (nSPS) is 25.8. The SMILES string of the molecule is CC(=O)O/N=C/[C@@H]1[C@@H](c2ccccc2)C1(C)C. The van der Waals surface area contributed by atoms with E-state index in [9.17, 15) is 4.79 Å². The molecule has 17 heavy (non-hydrogen) atoms. The van der Waals surface area contributed by atoms with E-state index in [0.717, 1.165) is 0 Å². The smallest absolute Gasteiger partial charge is 0.319 e. The lowest BCUT2D eigenvalue weighted by Gasteiger charge is -2.01. The van der Waals surface area contributed by atoms with Gasteiger partial charge in [0, 0.05) is 19.1 Å².